The van der Waals surface area contributed by atoms with Gasteiger partial charge in [-0.15, -0.1) is 12.4 Å². The van der Waals surface area contributed by atoms with E-state index < -0.39 is 30.8 Å². The molecule has 2 rings (SSSR count). The van der Waals surface area contributed by atoms with Crippen molar-refractivity contribution in [2.75, 3.05) is 18.4 Å². The molecule has 1 unspecified atom stereocenters. The molecule has 1 fully saturated rings. The lowest BCUT2D eigenvalue weighted by atomic mass is 10.2. The Bertz CT molecular complexity index is 557. The first-order valence-electron chi connectivity index (χ1n) is 6.80. The predicted molar refractivity (Wildman–Crippen MR) is 89.0 cm³/mol. The van der Waals surface area contributed by atoms with Crippen LogP contribution in [0.5, 0.6) is 0 Å². The molecule has 1 saturated heterocycles. The van der Waals surface area contributed by atoms with E-state index in [4.69, 9.17) is 0 Å². The summed E-state index contributed by atoms with van der Waals surface area (Å²) >= 11 is 3.29. The fourth-order valence-corrected chi connectivity index (χ4v) is 2.34. The first-order valence-corrected chi connectivity index (χ1v) is 7.59. The van der Waals surface area contributed by atoms with Crippen LogP contribution in [0.2, 0.25) is 0 Å². The van der Waals surface area contributed by atoms with Crippen molar-refractivity contribution >= 4 is 45.8 Å². The van der Waals surface area contributed by atoms with Gasteiger partial charge in [0.1, 0.15) is 0 Å². The number of anilines is 1. The zero-order chi connectivity index (χ0) is 16.2. The number of nitrogens with one attached hydrogen (secondary N) is 3. The second kappa shape index (κ2) is 8.56. The Hall–Kier alpha value is -1.25. The summed E-state index contributed by atoms with van der Waals surface area (Å²) in [7, 11) is 0. The Balaban J connectivity index is 0.00000264. The van der Waals surface area contributed by atoms with Gasteiger partial charge in [0.2, 0.25) is 11.8 Å². The molecule has 1 aromatic carbocycles. The van der Waals surface area contributed by atoms with Crippen molar-refractivity contribution in [3.05, 3.63) is 28.7 Å². The van der Waals surface area contributed by atoms with Crippen molar-refractivity contribution in [3.63, 3.8) is 0 Å². The maximum Gasteiger partial charge on any atom is 0.262 e. The van der Waals surface area contributed by atoms with E-state index in [0.29, 0.717) is 5.69 Å². The van der Waals surface area contributed by atoms with Crippen LogP contribution in [0.1, 0.15) is 12.8 Å². The minimum Gasteiger partial charge on any atom is -0.354 e. The zero-order valence-electron chi connectivity index (χ0n) is 12.1. The third-order valence-corrected chi connectivity index (χ3v) is 3.73. The molecule has 0 bridgehead atoms. The summed E-state index contributed by atoms with van der Waals surface area (Å²) in [5, 5.41) is 7.63. The Labute approximate surface area is 147 Å². The van der Waals surface area contributed by atoms with Gasteiger partial charge >= 0.3 is 0 Å². The van der Waals surface area contributed by atoms with Crippen molar-refractivity contribution in [1.82, 2.24) is 10.6 Å². The monoisotopic (exact) mass is 411 g/mol. The molecular formula is C14H17BrClF2N3O2. The second-order valence-electron chi connectivity index (χ2n) is 5.09. The van der Waals surface area contributed by atoms with Gasteiger partial charge in [-0.2, -0.15) is 0 Å². The first kappa shape index (κ1) is 19.8. The van der Waals surface area contributed by atoms with Gasteiger partial charge in [-0.05, 0) is 24.3 Å². The number of benzene rings is 1. The Morgan fingerprint density at radius 1 is 1.30 bits per heavy atom. The van der Waals surface area contributed by atoms with Gasteiger partial charge in [-0.3, -0.25) is 14.9 Å². The second-order valence-corrected chi connectivity index (χ2v) is 6.01. The Morgan fingerprint density at radius 3 is 2.52 bits per heavy atom. The third-order valence-electron chi connectivity index (χ3n) is 3.21. The molecule has 3 N–H and O–H groups in total. The first-order chi connectivity index (χ1) is 10.4. The van der Waals surface area contributed by atoms with Crippen LogP contribution in [0.15, 0.2) is 28.7 Å². The molecule has 1 aromatic rings. The van der Waals surface area contributed by atoms with E-state index in [1.165, 1.54) is 0 Å². The van der Waals surface area contributed by atoms with Crippen LogP contribution in [0.25, 0.3) is 0 Å². The maximum atomic E-state index is 13.0. The normalized spacial score (nSPS) is 18.8. The lowest BCUT2D eigenvalue weighted by Gasteiger charge is -2.11. The maximum absolute atomic E-state index is 13.0. The quantitative estimate of drug-likeness (QED) is 0.695. The highest BCUT2D eigenvalue weighted by molar-refractivity contribution is 9.10. The molecular weight excluding hydrogens is 396 g/mol. The topological polar surface area (TPSA) is 70.2 Å². The smallest absolute Gasteiger partial charge is 0.262 e. The number of amides is 2. The molecule has 128 valence electrons. The van der Waals surface area contributed by atoms with Gasteiger partial charge in [-0.1, -0.05) is 15.9 Å². The minimum absolute atomic E-state index is 0. The van der Waals surface area contributed by atoms with Gasteiger partial charge in [0, 0.05) is 29.5 Å². The van der Waals surface area contributed by atoms with Gasteiger partial charge in [0.15, 0.2) is 0 Å². The summed E-state index contributed by atoms with van der Waals surface area (Å²) in [6.45, 7) is -0.389. The van der Waals surface area contributed by atoms with E-state index in [0.717, 1.165) is 4.47 Å². The van der Waals surface area contributed by atoms with E-state index in [9.17, 15) is 18.4 Å². The van der Waals surface area contributed by atoms with Crippen LogP contribution in [0.4, 0.5) is 14.5 Å². The average molecular weight is 413 g/mol. The van der Waals surface area contributed by atoms with Crippen LogP contribution >= 0.6 is 28.3 Å². The van der Waals surface area contributed by atoms with Crippen molar-refractivity contribution < 1.29 is 18.4 Å². The Kier molecular flexibility index (Phi) is 7.37. The molecule has 1 atom stereocenters. The van der Waals surface area contributed by atoms with Crippen molar-refractivity contribution in [2.45, 2.75) is 24.8 Å². The van der Waals surface area contributed by atoms with Crippen LogP contribution in [-0.2, 0) is 9.59 Å². The van der Waals surface area contributed by atoms with Gasteiger partial charge in [0.25, 0.3) is 5.92 Å². The van der Waals surface area contributed by atoms with Gasteiger partial charge in [-0.25, -0.2) is 8.78 Å². The number of alkyl halides is 2. The van der Waals surface area contributed by atoms with Crippen LogP contribution in [0.3, 0.4) is 0 Å². The van der Waals surface area contributed by atoms with Crippen LogP contribution < -0.4 is 16.0 Å². The number of carbonyl (C=O) groups excluding carboxylic acids is 2. The van der Waals surface area contributed by atoms with E-state index in [-0.39, 0.29) is 31.3 Å². The molecule has 9 heteroatoms. The van der Waals surface area contributed by atoms with E-state index in [1.54, 1.807) is 24.3 Å². The molecule has 5 nitrogen and oxygen atoms in total. The van der Waals surface area contributed by atoms with Crippen molar-refractivity contribution in [1.29, 1.82) is 0 Å². The van der Waals surface area contributed by atoms with Gasteiger partial charge in [0.05, 0.1) is 12.6 Å². The van der Waals surface area contributed by atoms with E-state index in [2.05, 4.69) is 31.9 Å². The van der Waals surface area contributed by atoms with E-state index in [1.807, 2.05) is 0 Å². The molecule has 1 heterocycles. The summed E-state index contributed by atoms with van der Waals surface area (Å²) < 4.78 is 26.8. The molecule has 0 saturated carbocycles. The predicted octanol–water partition coefficient (Wildman–Crippen LogP) is 2.31. The summed E-state index contributed by atoms with van der Waals surface area (Å²) in [6, 6.07) is 6.17. The number of hydrogen-bond donors (Lipinski definition) is 3. The third kappa shape index (κ3) is 6.40. The molecule has 0 aliphatic carbocycles. The highest BCUT2D eigenvalue weighted by atomic mass is 79.9. The molecule has 0 radical (unpaired) electrons. The lowest BCUT2D eigenvalue weighted by Crippen LogP contribution is -2.41. The van der Waals surface area contributed by atoms with Crippen LogP contribution in [-0.4, -0.2) is 36.9 Å². The molecule has 23 heavy (non-hydrogen) atoms. The summed E-state index contributed by atoms with van der Waals surface area (Å²) in [4.78, 5) is 23.4. The molecule has 2 amide bonds. The fourth-order valence-electron chi connectivity index (χ4n) is 2.08. The minimum atomic E-state index is -2.85. The van der Waals surface area contributed by atoms with Crippen LogP contribution in [0, 0.1) is 0 Å². The standard InChI is InChI=1S/C14H16BrF2N3O2.ClH/c15-9-1-3-10(4-2-9)20-12(21)5-6-18-13(22)11-7-14(16,17)8-19-11;/h1-4,11,19H,5-8H2,(H,18,22)(H,20,21);1H. The van der Waals surface area contributed by atoms with Gasteiger partial charge < -0.3 is 10.6 Å². The largest absolute Gasteiger partial charge is 0.354 e. The molecule has 0 aromatic heterocycles. The highest BCUT2D eigenvalue weighted by Gasteiger charge is 2.42. The van der Waals surface area contributed by atoms with Crippen molar-refractivity contribution in [2.24, 2.45) is 0 Å². The zero-order valence-corrected chi connectivity index (χ0v) is 14.5. The summed E-state index contributed by atoms with van der Waals surface area (Å²) in [5.41, 5.74) is 0.650. The summed E-state index contributed by atoms with van der Waals surface area (Å²) in [6.07, 6.45) is -0.436. The molecule has 0 spiro atoms. The Morgan fingerprint density at radius 2 is 1.96 bits per heavy atom. The van der Waals surface area contributed by atoms with Crippen molar-refractivity contribution in [3.8, 4) is 0 Å². The molecule has 1 aliphatic rings. The summed E-state index contributed by atoms with van der Waals surface area (Å²) in [5.74, 6) is -3.61. The number of halogens is 4. The number of carbonyl (C=O) groups is 2. The lowest BCUT2D eigenvalue weighted by molar-refractivity contribution is -0.123. The number of hydrogen-bond acceptors (Lipinski definition) is 3. The average Bonchev–Trinajstić information content (AvgIpc) is 2.82. The molecule has 1 aliphatic heterocycles. The highest BCUT2D eigenvalue weighted by Crippen LogP contribution is 2.24. The SMILES string of the molecule is Cl.O=C(CCNC(=O)C1CC(F)(F)CN1)Nc1ccc(Br)cc1. The fraction of sp³-hybridized carbons (Fsp3) is 0.429. The van der Waals surface area contributed by atoms with E-state index >= 15 is 0 Å². The number of rotatable bonds is 5.